The quantitative estimate of drug-likeness (QED) is 0.167. The van der Waals surface area contributed by atoms with Crippen molar-refractivity contribution in [3.05, 3.63) is 70.7 Å². The Morgan fingerprint density at radius 1 is 0.904 bits per heavy atom. The lowest BCUT2D eigenvalue weighted by atomic mass is 10.2. The smallest absolute Gasteiger partial charge is 0.490 e. The highest BCUT2D eigenvalue weighted by Crippen LogP contribution is 2.38. The molecule has 0 spiro atoms. The van der Waals surface area contributed by atoms with Gasteiger partial charge in [-0.3, -0.25) is 19.3 Å². The summed E-state index contributed by atoms with van der Waals surface area (Å²) in [6.45, 7) is 3.43. The molecule has 0 aliphatic carbocycles. The predicted octanol–water partition coefficient (Wildman–Crippen LogP) is 5.60. The number of hydrogen-bond acceptors (Lipinski definition) is 11. The molecule has 3 aromatic heterocycles. The molecule has 0 fully saturated rings. The first-order valence-corrected chi connectivity index (χ1v) is 16.3. The van der Waals surface area contributed by atoms with E-state index in [0.29, 0.717) is 34.3 Å². The summed E-state index contributed by atoms with van der Waals surface area (Å²) in [5, 5.41) is 21.7. The van der Waals surface area contributed by atoms with Gasteiger partial charge in [-0.25, -0.2) is 18.0 Å². The van der Waals surface area contributed by atoms with E-state index in [-0.39, 0.29) is 5.95 Å². The number of anilines is 1. The van der Waals surface area contributed by atoms with E-state index in [2.05, 4.69) is 40.8 Å². The molecule has 23 heteroatoms. The Balaban J connectivity index is 0.000000564. The van der Waals surface area contributed by atoms with Gasteiger partial charge in [0.25, 0.3) is 0 Å². The van der Waals surface area contributed by atoms with Crippen LogP contribution in [0, 0.1) is 6.92 Å². The molecule has 0 radical (unpaired) electrons. The van der Waals surface area contributed by atoms with Gasteiger partial charge in [-0.1, -0.05) is 6.07 Å². The number of nitrogens with one attached hydrogen (secondary N) is 1. The first kappa shape index (κ1) is 43.1. The van der Waals surface area contributed by atoms with Crippen molar-refractivity contribution in [3.63, 3.8) is 0 Å². The molecule has 52 heavy (non-hydrogen) atoms. The number of aliphatic carboxylic acids is 2. The van der Waals surface area contributed by atoms with Crippen LogP contribution >= 0.6 is 15.9 Å². The summed E-state index contributed by atoms with van der Waals surface area (Å²) >= 11 is 3.34. The van der Waals surface area contributed by atoms with Gasteiger partial charge in [0.1, 0.15) is 28.5 Å². The number of hydrogen-bond donors (Lipinski definition) is 3. The van der Waals surface area contributed by atoms with Crippen molar-refractivity contribution in [2.24, 2.45) is 0 Å². The van der Waals surface area contributed by atoms with E-state index in [9.17, 15) is 34.8 Å². The highest BCUT2D eigenvalue weighted by atomic mass is 79.9. The number of carboxylic acid groups (broad SMARTS) is 2. The first-order chi connectivity index (χ1) is 24.1. The van der Waals surface area contributed by atoms with Crippen LogP contribution in [0.2, 0.25) is 0 Å². The fourth-order valence-corrected chi connectivity index (χ4v) is 5.35. The third kappa shape index (κ3) is 11.5. The fourth-order valence-electron chi connectivity index (χ4n) is 3.97. The summed E-state index contributed by atoms with van der Waals surface area (Å²) in [4.78, 5) is 26.4. The molecule has 284 valence electrons. The number of ether oxygens (including phenoxy) is 3. The molecule has 3 heterocycles. The number of nitrogens with zero attached hydrogens (tertiary/aromatic N) is 5. The molecule has 15 nitrogen and oxygen atoms in total. The number of methoxy groups -OCH3 is 3. The Morgan fingerprint density at radius 2 is 1.44 bits per heavy atom. The van der Waals surface area contributed by atoms with Gasteiger partial charge in [-0.15, -0.1) is 10.2 Å². The van der Waals surface area contributed by atoms with Gasteiger partial charge in [0, 0.05) is 35.7 Å². The highest BCUT2D eigenvalue weighted by molar-refractivity contribution is 9.10. The van der Waals surface area contributed by atoms with Gasteiger partial charge < -0.3 is 24.4 Å². The molecule has 2 atom stereocenters. The number of sulfonamides is 1. The van der Waals surface area contributed by atoms with Crippen LogP contribution in [0.25, 0.3) is 17.1 Å². The van der Waals surface area contributed by atoms with Crippen LogP contribution in [-0.4, -0.2) is 94.2 Å². The van der Waals surface area contributed by atoms with Crippen molar-refractivity contribution < 1.29 is 68.8 Å². The first-order valence-electron chi connectivity index (χ1n) is 13.9. The standard InChI is InChI=1S/C25H27BrN6O5S.2C2HF3O2/c1-15-11-17(13-27-12-15)24-29-30-25(32(24)22-20(35-3)7-6-8-21(22)36-4)31-38(33,34)16(2)23(37-5)19-10-9-18(26)14-28-19;2*3-2(4,5)1(6)7/h6-14,16,23H,1-5H3,(H,30,31);2*(H,6,7)/t16-,23+;;/m0../s1. The maximum atomic E-state index is 13.6. The minimum atomic E-state index is -5.08. The molecule has 0 aliphatic heterocycles. The molecule has 0 unspecified atom stereocenters. The minimum absolute atomic E-state index is 0.0604. The number of aromatic nitrogens is 5. The Kier molecular flexibility index (Phi) is 14.9. The van der Waals surface area contributed by atoms with Gasteiger partial charge in [0.05, 0.1) is 19.9 Å². The second-order valence-electron chi connectivity index (χ2n) is 9.96. The van der Waals surface area contributed by atoms with Crippen molar-refractivity contribution in [2.45, 2.75) is 37.6 Å². The van der Waals surface area contributed by atoms with Gasteiger partial charge in [-0.05, 0) is 65.7 Å². The number of para-hydroxylation sites is 1. The van der Waals surface area contributed by atoms with Crippen LogP contribution in [0.3, 0.4) is 0 Å². The third-order valence-electron chi connectivity index (χ3n) is 6.35. The maximum Gasteiger partial charge on any atom is 0.490 e. The third-order valence-corrected chi connectivity index (χ3v) is 8.51. The highest BCUT2D eigenvalue weighted by Gasteiger charge is 2.39. The van der Waals surface area contributed by atoms with Crippen LogP contribution in [0.15, 0.2) is 59.5 Å². The van der Waals surface area contributed by atoms with Crippen molar-refractivity contribution in [1.82, 2.24) is 24.7 Å². The van der Waals surface area contributed by atoms with E-state index >= 15 is 0 Å². The molecule has 0 aliphatic rings. The lowest BCUT2D eigenvalue weighted by molar-refractivity contribution is -0.193. The topological polar surface area (TPSA) is 205 Å². The number of rotatable bonds is 10. The second-order valence-corrected chi connectivity index (χ2v) is 12.9. The SMILES string of the molecule is COc1cccc(OC)c1-n1c(NS(=O)(=O)[C@@H](C)[C@@H](OC)c2ccc(Br)cn2)nnc1-c1cncc(C)c1.O=C(O)C(F)(F)F.O=C(O)C(F)(F)F. The van der Waals surface area contributed by atoms with Gasteiger partial charge in [0.2, 0.25) is 16.0 Å². The number of alkyl halides is 6. The second kappa shape index (κ2) is 17.9. The minimum Gasteiger partial charge on any atom is -0.494 e. The molecular weight excluding hydrogens is 802 g/mol. The number of carboxylic acids is 2. The molecule has 4 rings (SSSR count). The molecule has 0 saturated carbocycles. The number of pyridine rings is 2. The van der Waals surface area contributed by atoms with E-state index in [1.165, 1.54) is 32.8 Å². The average Bonchev–Trinajstić information content (AvgIpc) is 3.47. The summed E-state index contributed by atoms with van der Waals surface area (Å²) in [5.74, 6) is -4.39. The number of halogens is 7. The maximum absolute atomic E-state index is 13.6. The van der Waals surface area contributed by atoms with Crippen LogP contribution in [0.4, 0.5) is 32.3 Å². The average molecular weight is 832 g/mol. The monoisotopic (exact) mass is 830 g/mol. The zero-order valence-corrected chi connectivity index (χ0v) is 29.8. The van der Waals surface area contributed by atoms with Gasteiger partial charge >= 0.3 is 24.3 Å². The zero-order valence-electron chi connectivity index (χ0n) is 27.4. The number of aryl methyl sites for hydroxylation is 1. The summed E-state index contributed by atoms with van der Waals surface area (Å²) in [6.07, 6.45) is -6.10. The zero-order chi connectivity index (χ0) is 39.6. The van der Waals surface area contributed by atoms with Crippen molar-refractivity contribution in [3.8, 4) is 28.6 Å². The normalized spacial score (nSPS) is 12.6. The Labute approximate surface area is 299 Å². The van der Waals surface area contributed by atoms with Crippen LogP contribution in [0.1, 0.15) is 24.3 Å². The predicted molar refractivity (Wildman–Crippen MR) is 174 cm³/mol. The summed E-state index contributed by atoms with van der Waals surface area (Å²) < 4.78 is 112. The van der Waals surface area contributed by atoms with E-state index in [1.807, 2.05) is 13.0 Å². The van der Waals surface area contributed by atoms with Crippen molar-refractivity contribution in [2.75, 3.05) is 26.1 Å². The summed E-state index contributed by atoms with van der Waals surface area (Å²) in [5.41, 5.74) is 2.40. The largest absolute Gasteiger partial charge is 0.494 e. The van der Waals surface area contributed by atoms with Crippen molar-refractivity contribution >= 4 is 43.8 Å². The number of carbonyl (C=O) groups is 2. The van der Waals surface area contributed by atoms with Gasteiger partial charge in [-0.2, -0.15) is 26.3 Å². The van der Waals surface area contributed by atoms with E-state index in [0.717, 1.165) is 10.0 Å². The lowest BCUT2D eigenvalue weighted by Crippen LogP contribution is -2.33. The Hall–Kier alpha value is -5.03. The number of benzene rings is 1. The van der Waals surface area contributed by atoms with E-state index in [1.54, 1.807) is 48.9 Å². The molecule has 4 aromatic rings. The fraction of sp³-hybridized carbons (Fsp3) is 0.310. The van der Waals surface area contributed by atoms with E-state index < -0.39 is 45.7 Å². The van der Waals surface area contributed by atoms with Crippen LogP contribution in [-0.2, 0) is 24.3 Å². The molecule has 1 aromatic carbocycles. The van der Waals surface area contributed by atoms with Crippen LogP contribution < -0.4 is 14.2 Å². The summed E-state index contributed by atoms with van der Waals surface area (Å²) in [7, 11) is 0.381. The summed E-state index contributed by atoms with van der Waals surface area (Å²) in [6, 6.07) is 10.6. The van der Waals surface area contributed by atoms with E-state index in [4.69, 9.17) is 34.0 Å². The lowest BCUT2D eigenvalue weighted by Gasteiger charge is -2.23. The Morgan fingerprint density at radius 3 is 1.87 bits per heavy atom. The molecular formula is C29H29BrF6N6O9S. The van der Waals surface area contributed by atoms with Crippen LogP contribution in [0.5, 0.6) is 11.5 Å². The van der Waals surface area contributed by atoms with Crippen molar-refractivity contribution in [1.29, 1.82) is 0 Å². The molecule has 0 amide bonds. The molecule has 0 bridgehead atoms. The molecule has 3 N–H and O–H groups in total. The van der Waals surface area contributed by atoms with Gasteiger partial charge in [0.15, 0.2) is 5.82 Å². The molecule has 0 saturated heterocycles. The Bertz CT molecular complexity index is 1900.